The number of nitriles is 1. The van der Waals surface area contributed by atoms with Crippen molar-refractivity contribution >= 4 is 0 Å². The maximum atomic E-state index is 9.46. The molecule has 3 atom stereocenters. The van der Waals surface area contributed by atoms with Crippen molar-refractivity contribution in [3.63, 3.8) is 0 Å². The molecule has 0 saturated heterocycles. The van der Waals surface area contributed by atoms with Gasteiger partial charge < -0.3 is 4.90 Å². The van der Waals surface area contributed by atoms with Gasteiger partial charge in [0, 0.05) is 18.1 Å². The van der Waals surface area contributed by atoms with E-state index in [1.165, 1.54) is 12.8 Å². The second-order valence-corrected chi connectivity index (χ2v) is 7.62. The lowest BCUT2D eigenvalue weighted by atomic mass is 9.85. The van der Waals surface area contributed by atoms with Crippen molar-refractivity contribution in [3.8, 4) is 6.07 Å². The smallest absolute Gasteiger partial charge is 0.105 e. The third kappa shape index (κ3) is 4.78. The Hall–Kier alpha value is -0.590. The zero-order chi connectivity index (χ0) is 14.8. The van der Waals surface area contributed by atoms with Gasteiger partial charge >= 0.3 is 0 Å². The molecule has 0 aromatic heterocycles. The van der Waals surface area contributed by atoms with Crippen LogP contribution in [-0.2, 0) is 0 Å². The predicted molar refractivity (Wildman–Crippen MR) is 80.9 cm³/mol. The maximum Gasteiger partial charge on any atom is 0.105 e. The molecule has 0 bridgehead atoms. The lowest BCUT2D eigenvalue weighted by Crippen LogP contribution is -2.51. The Morgan fingerprint density at radius 1 is 1.26 bits per heavy atom. The van der Waals surface area contributed by atoms with Crippen LogP contribution in [0.3, 0.4) is 0 Å². The molecule has 0 aromatic rings. The highest BCUT2D eigenvalue weighted by Gasteiger charge is 2.36. The Morgan fingerprint density at radius 3 is 2.16 bits per heavy atom. The van der Waals surface area contributed by atoms with Crippen molar-refractivity contribution in [1.82, 2.24) is 10.2 Å². The minimum atomic E-state index is -0.396. The van der Waals surface area contributed by atoms with Crippen molar-refractivity contribution < 1.29 is 0 Å². The molecule has 1 saturated carbocycles. The van der Waals surface area contributed by atoms with Crippen LogP contribution in [0.5, 0.6) is 0 Å². The van der Waals surface area contributed by atoms with Crippen LogP contribution in [0, 0.1) is 16.7 Å². The van der Waals surface area contributed by atoms with Crippen LogP contribution >= 0.6 is 0 Å². The Morgan fingerprint density at radius 2 is 1.79 bits per heavy atom. The fraction of sp³-hybridized carbons (Fsp3) is 0.938. The van der Waals surface area contributed by atoms with Gasteiger partial charge in [0.1, 0.15) is 5.54 Å². The third-order valence-electron chi connectivity index (χ3n) is 4.61. The van der Waals surface area contributed by atoms with Crippen LogP contribution < -0.4 is 5.32 Å². The summed E-state index contributed by atoms with van der Waals surface area (Å²) >= 11 is 0. The minimum absolute atomic E-state index is 0.260. The van der Waals surface area contributed by atoms with Crippen LogP contribution in [-0.4, -0.2) is 35.6 Å². The molecule has 0 heterocycles. The van der Waals surface area contributed by atoms with Gasteiger partial charge in [0.2, 0.25) is 0 Å². The van der Waals surface area contributed by atoms with Gasteiger partial charge in [0.15, 0.2) is 0 Å². The van der Waals surface area contributed by atoms with Gasteiger partial charge in [-0.1, -0.05) is 20.8 Å². The van der Waals surface area contributed by atoms with E-state index in [4.69, 9.17) is 0 Å². The molecule has 1 N–H and O–H groups in total. The normalized spacial score (nSPS) is 22.7. The highest BCUT2D eigenvalue weighted by Crippen LogP contribution is 2.28. The van der Waals surface area contributed by atoms with Gasteiger partial charge in [-0.25, -0.2) is 0 Å². The zero-order valence-electron chi connectivity index (χ0n) is 13.7. The molecule has 0 aliphatic heterocycles. The molecular weight excluding hydrogens is 234 g/mol. The summed E-state index contributed by atoms with van der Waals surface area (Å²) in [6.45, 7) is 13.4. The predicted octanol–water partition coefficient (Wildman–Crippen LogP) is 3.17. The number of hydrogen-bond donors (Lipinski definition) is 1. The van der Waals surface area contributed by atoms with Crippen molar-refractivity contribution in [2.45, 2.75) is 84.5 Å². The molecule has 3 unspecified atom stereocenters. The maximum absolute atomic E-state index is 9.46. The molecule has 0 aromatic carbocycles. The molecule has 1 rings (SSSR count). The largest absolute Gasteiger partial charge is 0.300 e. The molecule has 0 spiro atoms. The summed E-state index contributed by atoms with van der Waals surface area (Å²) in [5.41, 5.74) is -0.136. The highest BCUT2D eigenvalue weighted by molar-refractivity contribution is 5.08. The molecule has 110 valence electrons. The van der Waals surface area contributed by atoms with Crippen LogP contribution in [0.1, 0.15) is 60.8 Å². The summed E-state index contributed by atoms with van der Waals surface area (Å²) in [6, 6.07) is 3.93. The van der Waals surface area contributed by atoms with Gasteiger partial charge in [-0.3, -0.25) is 5.32 Å². The number of rotatable bonds is 6. The van der Waals surface area contributed by atoms with Crippen molar-refractivity contribution in [2.75, 3.05) is 7.05 Å². The van der Waals surface area contributed by atoms with Crippen LogP contribution in [0.2, 0.25) is 0 Å². The van der Waals surface area contributed by atoms with Crippen molar-refractivity contribution in [1.29, 1.82) is 5.26 Å². The fourth-order valence-corrected chi connectivity index (χ4v) is 2.54. The Kier molecular flexibility index (Phi) is 5.03. The molecular formula is C16H31N3. The summed E-state index contributed by atoms with van der Waals surface area (Å²) in [7, 11) is 2.18. The first kappa shape index (κ1) is 16.5. The molecule has 0 radical (unpaired) electrons. The summed E-state index contributed by atoms with van der Waals surface area (Å²) < 4.78 is 0. The van der Waals surface area contributed by atoms with Crippen LogP contribution in [0.15, 0.2) is 0 Å². The van der Waals surface area contributed by atoms with Gasteiger partial charge in [-0.2, -0.15) is 5.26 Å². The molecule has 1 aliphatic rings. The van der Waals surface area contributed by atoms with Crippen LogP contribution in [0.4, 0.5) is 0 Å². The second-order valence-electron chi connectivity index (χ2n) is 7.62. The molecule has 1 fully saturated rings. The van der Waals surface area contributed by atoms with Gasteiger partial charge in [0.25, 0.3) is 0 Å². The number of hydrogen-bond acceptors (Lipinski definition) is 3. The average Bonchev–Trinajstić information content (AvgIpc) is 3.09. The zero-order valence-corrected chi connectivity index (χ0v) is 13.7. The molecule has 3 nitrogen and oxygen atoms in total. The van der Waals surface area contributed by atoms with Gasteiger partial charge in [-0.05, 0) is 52.5 Å². The van der Waals surface area contributed by atoms with E-state index >= 15 is 0 Å². The monoisotopic (exact) mass is 265 g/mol. The standard InChI is InChI=1S/C16H31N3/c1-12(19(7)13(2)15(3,4)5)10-16(6,11-17)18-14-8-9-14/h12-14,18H,8-10H2,1-7H3. The number of nitrogens with zero attached hydrogens (tertiary/aromatic N) is 2. The molecule has 3 heteroatoms. The quantitative estimate of drug-likeness (QED) is 0.802. The van der Waals surface area contributed by atoms with E-state index in [-0.39, 0.29) is 5.41 Å². The summed E-state index contributed by atoms with van der Waals surface area (Å²) in [6.07, 6.45) is 3.32. The lowest BCUT2D eigenvalue weighted by Gasteiger charge is -2.41. The molecule has 0 amide bonds. The lowest BCUT2D eigenvalue weighted by molar-refractivity contribution is 0.0907. The fourth-order valence-electron chi connectivity index (χ4n) is 2.54. The summed E-state index contributed by atoms with van der Waals surface area (Å²) in [4.78, 5) is 2.41. The Balaban J connectivity index is 2.61. The molecule has 19 heavy (non-hydrogen) atoms. The van der Waals surface area contributed by atoms with E-state index in [1.54, 1.807) is 0 Å². The number of nitrogens with one attached hydrogen (secondary N) is 1. The summed E-state index contributed by atoms with van der Waals surface area (Å²) in [5, 5.41) is 13.0. The van der Waals surface area contributed by atoms with E-state index < -0.39 is 5.54 Å². The van der Waals surface area contributed by atoms with Gasteiger partial charge in [0.05, 0.1) is 6.07 Å². The third-order valence-corrected chi connectivity index (χ3v) is 4.61. The van der Waals surface area contributed by atoms with Gasteiger partial charge in [-0.15, -0.1) is 0 Å². The first-order valence-electron chi connectivity index (χ1n) is 7.50. The van der Waals surface area contributed by atoms with Crippen molar-refractivity contribution in [3.05, 3.63) is 0 Å². The summed E-state index contributed by atoms with van der Waals surface area (Å²) in [5.74, 6) is 0. The molecule has 1 aliphatic carbocycles. The van der Waals surface area contributed by atoms with E-state index in [2.05, 4.69) is 58.0 Å². The first-order chi connectivity index (χ1) is 8.59. The first-order valence-corrected chi connectivity index (χ1v) is 7.50. The van der Waals surface area contributed by atoms with E-state index in [0.717, 1.165) is 6.42 Å². The topological polar surface area (TPSA) is 39.1 Å². The van der Waals surface area contributed by atoms with E-state index in [0.29, 0.717) is 18.1 Å². The van der Waals surface area contributed by atoms with Crippen LogP contribution in [0.25, 0.3) is 0 Å². The second kappa shape index (κ2) is 5.81. The van der Waals surface area contributed by atoms with E-state index in [9.17, 15) is 5.26 Å². The van der Waals surface area contributed by atoms with E-state index in [1.807, 2.05) is 6.92 Å². The SMILES string of the molecule is CC(CC(C)(C#N)NC1CC1)N(C)C(C)C(C)(C)C. The average molecular weight is 265 g/mol. The van der Waals surface area contributed by atoms with Crippen molar-refractivity contribution in [2.24, 2.45) is 5.41 Å². The minimum Gasteiger partial charge on any atom is -0.300 e. The highest BCUT2D eigenvalue weighted by atomic mass is 15.2. The Bertz CT molecular complexity index is 335. The Labute approximate surface area is 119 Å².